The summed E-state index contributed by atoms with van der Waals surface area (Å²) in [4.78, 5) is 37.3. The minimum absolute atomic E-state index is 0.0470. The summed E-state index contributed by atoms with van der Waals surface area (Å²) < 4.78 is 5.17. The summed E-state index contributed by atoms with van der Waals surface area (Å²) in [6, 6.07) is 0. The van der Waals surface area contributed by atoms with Gasteiger partial charge in [0, 0.05) is 34.7 Å². The molecule has 1 aliphatic heterocycles. The number of aromatic nitrogens is 2. The fourth-order valence-electron chi connectivity index (χ4n) is 5.42. The lowest BCUT2D eigenvalue weighted by molar-refractivity contribution is 0.0970. The maximum absolute atomic E-state index is 13.7. The number of benzene rings is 2. The molecular weight excluding hydrogens is 452 g/mol. The number of fused-ring (bicyclic) bond motifs is 5. The van der Waals surface area contributed by atoms with E-state index in [4.69, 9.17) is 14.6 Å². The second-order valence-corrected chi connectivity index (χ2v) is 10.6. The second kappa shape index (κ2) is 10.6. The van der Waals surface area contributed by atoms with Gasteiger partial charge in [-0.15, -0.1) is 0 Å². The summed E-state index contributed by atoms with van der Waals surface area (Å²) in [7, 11) is 0. The highest BCUT2D eigenvalue weighted by Crippen LogP contribution is 2.34. The number of hydrogen-bond donors (Lipinski definition) is 0. The van der Waals surface area contributed by atoms with Crippen LogP contribution in [0.5, 0.6) is 0 Å². The molecule has 0 spiro atoms. The van der Waals surface area contributed by atoms with Crippen LogP contribution in [0, 0.1) is 13.8 Å². The van der Waals surface area contributed by atoms with Gasteiger partial charge in [-0.05, 0) is 62.0 Å². The van der Waals surface area contributed by atoms with E-state index in [9.17, 15) is 9.59 Å². The zero-order valence-electron chi connectivity index (χ0n) is 22.6. The quantitative estimate of drug-likeness (QED) is 0.219. The van der Waals surface area contributed by atoms with Gasteiger partial charge in [-0.1, -0.05) is 52.4 Å². The van der Waals surface area contributed by atoms with Gasteiger partial charge >= 0.3 is 0 Å². The monoisotopic (exact) mass is 490 g/mol. The molecule has 4 rings (SSSR count). The van der Waals surface area contributed by atoms with Crippen LogP contribution in [0.1, 0.15) is 124 Å². The molecule has 0 atom stereocenters. The number of ketones is 2. The van der Waals surface area contributed by atoms with Crippen LogP contribution in [0.2, 0.25) is 0 Å². The molecule has 1 aromatic heterocycles. The van der Waals surface area contributed by atoms with Crippen molar-refractivity contribution in [1.29, 1.82) is 0 Å². The number of rotatable bonds is 12. The van der Waals surface area contributed by atoms with Crippen molar-refractivity contribution in [3.8, 4) is 0 Å². The first-order chi connectivity index (χ1) is 17.2. The Morgan fingerprint density at radius 2 is 1.22 bits per heavy atom. The lowest BCUT2D eigenvalue weighted by Crippen LogP contribution is -2.30. The number of carbonyl (C=O) groups excluding carboxylic acids is 2. The molecule has 7 heteroatoms. The molecular formula is C29H38N4O3. The lowest BCUT2D eigenvalue weighted by Gasteiger charge is -2.15. The molecule has 0 saturated heterocycles. The summed E-state index contributed by atoms with van der Waals surface area (Å²) >= 11 is 0. The second-order valence-electron chi connectivity index (χ2n) is 10.6. The first kappa shape index (κ1) is 26.1. The van der Waals surface area contributed by atoms with Crippen LogP contribution in [0.25, 0.3) is 21.8 Å². The van der Waals surface area contributed by atoms with Crippen LogP contribution in [0.3, 0.4) is 0 Å². The van der Waals surface area contributed by atoms with E-state index in [1.54, 1.807) is 0 Å². The Bertz CT molecular complexity index is 1430. The maximum Gasteiger partial charge on any atom is 0.163 e. The zero-order chi connectivity index (χ0) is 26.0. The van der Waals surface area contributed by atoms with Gasteiger partial charge < -0.3 is 0 Å². The fourth-order valence-corrected chi connectivity index (χ4v) is 5.42. The minimum atomic E-state index is -0.671. The molecule has 0 bridgehead atoms. The standard InChI is InChI=1S/C29H38N4O3/c1-7-9-11-13-15-19(34)21-17(3)25-27(31-29(5,6)30-25)23-22(20(35)16-14-12-10-8-2)18(4)26-28(24(21)23)33-36-32-26/h7-16H2,1-6H3. The predicted molar refractivity (Wildman–Crippen MR) is 141 cm³/mol. The highest BCUT2D eigenvalue weighted by Gasteiger charge is 2.31. The van der Waals surface area contributed by atoms with E-state index in [0.29, 0.717) is 56.5 Å². The van der Waals surface area contributed by atoms with Gasteiger partial charge in [-0.25, -0.2) is 4.63 Å². The largest absolute Gasteiger partial charge is 0.294 e. The van der Waals surface area contributed by atoms with Gasteiger partial charge in [-0.2, -0.15) is 0 Å². The van der Waals surface area contributed by atoms with Gasteiger partial charge in [0.2, 0.25) is 0 Å². The molecule has 0 N–H and O–H groups in total. The molecule has 2 heterocycles. The molecule has 36 heavy (non-hydrogen) atoms. The minimum Gasteiger partial charge on any atom is -0.294 e. The van der Waals surface area contributed by atoms with Crippen molar-refractivity contribution in [3.63, 3.8) is 0 Å². The van der Waals surface area contributed by atoms with Gasteiger partial charge in [-0.3, -0.25) is 19.6 Å². The summed E-state index contributed by atoms with van der Waals surface area (Å²) in [6.45, 7) is 12.0. The SMILES string of the molecule is CCCCCCC(=O)c1c(C)c2nonc2c2c(C(=O)CCCCCC)c(C)c3c(c12)=NC(C)(C)N=3. The van der Waals surface area contributed by atoms with E-state index < -0.39 is 5.66 Å². The van der Waals surface area contributed by atoms with Crippen molar-refractivity contribution < 1.29 is 14.2 Å². The maximum atomic E-state index is 13.7. The highest BCUT2D eigenvalue weighted by atomic mass is 16.6. The number of aryl methyl sites for hydroxylation is 1. The molecule has 0 radical (unpaired) electrons. The molecule has 7 nitrogen and oxygen atoms in total. The third kappa shape index (κ3) is 4.72. The number of nitrogens with zero attached hydrogens (tertiary/aromatic N) is 4. The molecule has 2 aromatic carbocycles. The van der Waals surface area contributed by atoms with Gasteiger partial charge in [0.05, 0.1) is 10.7 Å². The summed E-state index contributed by atoms with van der Waals surface area (Å²) in [6.07, 6.45) is 8.99. The van der Waals surface area contributed by atoms with Crippen LogP contribution in [0.15, 0.2) is 14.6 Å². The summed E-state index contributed by atoms with van der Waals surface area (Å²) in [5.74, 6) is 0.0941. The van der Waals surface area contributed by atoms with Crippen LogP contribution < -0.4 is 10.7 Å². The number of hydrogen-bond acceptors (Lipinski definition) is 7. The lowest BCUT2D eigenvalue weighted by atomic mass is 9.86. The highest BCUT2D eigenvalue weighted by molar-refractivity contribution is 6.23. The molecule has 0 unspecified atom stereocenters. The Hall–Kier alpha value is -2.96. The average molecular weight is 491 g/mol. The number of carbonyl (C=O) groups is 2. The third-order valence-corrected chi connectivity index (χ3v) is 7.24. The van der Waals surface area contributed by atoms with Crippen molar-refractivity contribution in [2.24, 2.45) is 9.98 Å². The van der Waals surface area contributed by atoms with Crippen LogP contribution >= 0.6 is 0 Å². The van der Waals surface area contributed by atoms with Crippen molar-refractivity contribution >= 4 is 33.4 Å². The Morgan fingerprint density at radius 3 is 1.81 bits per heavy atom. The summed E-state index contributed by atoms with van der Waals surface area (Å²) in [5.41, 5.74) is 3.07. The summed E-state index contributed by atoms with van der Waals surface area (Å²) in [5, 5.41) is 11.1. The third-order valence-electron chi connectivity index (χ3n) is 7.24. The molecule has 1 aliphatic rings. The van der Waals surface area contributed by atoms with E-state index in [-0.39, 0.29) is 11.6 Å². The van der Waals surface area contributed by atoms with Gasteiger partial charge in [0.1, 0.15) is 16.7 Å². The first-order valence-corrected chi connectivity index (χ1v) is 13.5. The number of unbranched alkanes of at least 4 members (excludes halogenated alkanes) is 6. The molecule has 3 aromatic rings. The van der Waals surface area contributed by atoms with Crippen molar-refractivity contribution in [3.05, 3.63) is 33.0 Å². The van der Waals surface area contributed by atoms with Gasteiger partial charge in [0.25, 0.3) is 0 Å². The molecule has 192 valence electrons. The van der Waals surface area contributed by atoms with Crippen molar-refractivity contribution in [1.82, 2.24) is 10.3 Å². The Labute approximate surface area is 212 Å². The van der Waals surface area contributed by atoms with Gasteiger partial charge in [0.15, 0.2) is 11.6 Å². The fraction of sp³-hybridized carbons (Fsp3) is 0.586. The molecule has 0 aliphatic carbocycles. The van der Waals surface area contributed by atoms with E-state index in [0.717, 1.165) is 62.5 Å². The topological polar surface area (TPSA) is 97.8 Å². The van der Waals surface area contributed by atoms with Crippen molar-refractivity contribution in [2.45, 2.75) is 111 Å². The van der Waals surface area contributed by atoms with E-state index in [1.807, 2.05) is 27.7 Å². The Morgan fingerprint density at radius 1 is 0.694 bits per heavy atom. The Kier molecular flexibility index (Phi) is 7.67. The van der Waals surface area contributed by atoms with Crippen molar-refractivity contribution in [2.75, 3.05) is 0 Å². The predicted octanol–water partition coefficient (Wildman–Crippen LogP) is 6.29. The Balaban J connectivity index is 2.03. The molecule has 0 fully saturated rings. The van der Waals surface area contributed by atoms with Crippen LogP contribution in [0.4, 0.5) is 0 Å². The van der Waals surface area contributed by atoms with Crippen LogP contribution in [-0.2, 0) is 0 Å². The number of Topliss-reactive ketones (excluding diaryl/α,β-unsaturated/α-hetero) is 2. The average Bonchev–Trinajstić information content (AvgIpc) is 3.45. The molecule has 0 saturated carbocycles. The smallest absolute Gasteiger partial charge is 0.163 e. The zero-order valence-corrected chi connectivity index (χ0v) is 22.6. The van der Waals surface area contributed by atoms with E-state index >= 15 is 0 Å². The first-order valence-electron chi connectivity index (χ1n) is 13.5. The van der Waals surface area contributed by atoms with E-state index in [1.165, 1.54) is 0 Å². The van der Waals surface area contributed by atoms with Crippen LogP contribution in [-0.4, -0.2) is 27.5 Å². The van der Waals surface area contributed by atoms with E-state index in [2.05, 4.69) is 24.2 Å². The normalized spacial score (nSPS) is 14.2. The molecule has 0 amide bonds.